The molecule has 2 aromatic rings. The number of ether oxygens (including phenoxy) is 3. The first kappa shape index (κ1) is 48.5. The van der Waals surface area contributed by atoms with Crippen molar-refractivity contribution < 1.29 is 42.3 Å². The lowest BCUT2D eigenvalue weighted by Crippen LogP contribution is -2.29. The van der Waals surface area contributed by atoms with Crippen LogP contribution in [0.3, 0.4) is 0 Å². The second-order valence-electron chi connectivity index (χ2n) is 15.5. The minimum absolute atomic E-state index is 0.0531. The predicted molar refractivity (Wildman–Crippen MR) is 220 cm³/mol. The molecule has 1 fully saturated rings. The van der Waals surface area contributed by atoms with Crippen LogP contribution in [0.2, 0.25) is 0 Å². The van der Waals surface area contributed by atoms with Gasteiger partial charge in [0.2, 0.25) is 5.95 Å². The van der Waals surface area contributed by atoms with Crippen LogP contribution in [0, 0.1) is 0 Å². The number of carbonyl (C=O) groups is 2. The molecule has 3 heterocycles. The van der Waals surface area contributed by atoms with Crippen molar-refractivity contribution in [1.29, 1.82) is 0 Å². The van der Waals surface area contributed by atoms with Gasteiger partial charge in [-0.05, 0) is 25.7 Å². The maximum atomic E-state index is 12.9. The zero-order valence-corrected chi connectivity index (χ0v) is 35.7. The quantitative estimate of drug-likeness (QED) is 0.0342. The van der Waals surface area contributed by atoms with Crippen LogP contribution in [0.1, 0.15) is 187 Å². The van der Waals surface area contributed by atoms with E-state index in [0.29, 0.717) is 25.7 Å². The second kappa shape index (κ2) is 28.6. The monoisotopic (exact) mass is 826 g/mol. The molecule has 0 bridgehead atoms. The number of phosphoric ester groups is 1. The molecule has 0 spiro atoms. The minimum atomic E-state index is -4.62. The van der Waals surface area contributed by atoms with E-state index >= 15 is 0 Å². The maximum absolute atomic E-state index is 12.9. The summed E-state index contributed by atoms with van der Waals surface area (Å²) >= 11 is 0. The van der Waals surface area contributed by atoms with Gasteiger partial charge < -0.3 is 24.8 Å². The molecular formula is C41H72N5O10P. The number of anilines is 1. The number of nitrogens with zero attached hydrogens (tertiary/aromatic N) is 3. The number of hydrogen-bond acceptors (Lipinski definition) is 12. The van der Waals surface area contributed by atoms with Gasteiger partial charge in [0.25, 0.3) is 5.56 Å². The summed E-state index contributed by atoms with van der Waals surface area (Å²) in [6.45, 7) is 3.39. The summed E-state index contributed by atoms with van der Waals surface area (Å²) in [6, 6.07) is 0. The number of carbonyl (C=O) groups excluding carboxylic acids is 2. The SMILES string of the molecule is CCCCCCCCCCCCCC(=O)OC[C@H](COP(=O)(O)OC[C@@H]1CC[C@H](n2cnc3c(=O)[nH]c(N)nc32)O1)OC(=O)CCCCCCCCCCCCC. The summed E-state index contributed by atoms with van der Waals surface area (Å²) in [4.78, 5) is 58.7. The number of nitrogen functional groups attached to an aromatic ring is 1. The van der Waals surface area contributed by atoms with Crippen molar-refractivity contribution in [3.63, 3.8) is 0 Å². The molecule has 0 aliphatic carbocycles. The molecule has 326 valence electrons. The number of esters is 2. The number of hydrogen-bond donors (Lipinski definition) is 3. The first-order chi connectivity index (χ1) is 27.6. The Morgan fingerprint density at radius 3 is 1.91 bits per heavy atom. The Kier molecular flexibility index (Phi) is 24.3. The first-order valence-electron chi connectivity index (χ1n) is 22.0. The molecule has 1 aliphatic rings. The number of unbranched alkanes of at least 4 members (excludes halogenated alkanes) is 20. The Bertz CT molecular complexity index is 1520. The van der Waals surface area contributed by atoms with E-state index in [1.165, 1.54) is 96.2 Å². The van der Waals surface area contributed by atoms with E-state index in [4.69, 9.17) is 29.0 Å². The van der Waals surface area contributed by atoms with Crippen molar-refractivity contribution in [2.75, 3.05) is 25.6 Å². The highest BCUT2D eigenvalue weighted by Gasteiger charge is 2.32. The third kappa shape index (κ3) is 20.6. The number of H-pyrrole nitrogens is 1. The largest absolute Gasteiger partial charge is 0.472 e. The predicted octanol–water partition coefficient (Wildman–Crippen LogP) is 9.37. The summed E-state index contributed by atoms with van der Waals surface area (Å²) < 4.78 is 42.0. The fourth-order valence-electron chi connectivity index (χ4n) is 7.05. The molecule has 57 heavy (non-hydrogen) atoms. The Labute approximate surface area is 339 Å². The Morgan fingerprint density at radius 2 is 1.35 bits per heavy atom. The van der Waals surface area contributed by atoms with Gasteiger partial charge in [-0.3, -0.25) is 33.0 Å². The molecule has 1 aliphatic heterocycles. The topological polar surface area (TPSA) is 207 Å². The van der Waals surface area contributed by atoms with Crippen LogP contribution < -0.4 is 11.3 Å². The number of aromatic amines is 1. The molecule has 1 unspecified atom stereocenters. The van der Waals surface area contributed by atoms with Gasteiger partial charge >= 0.3 is 19.8 Å². The fraction of sp³-hybridized carbons (Fsp3) is 0.829. The molecule has 0 radical (unpaired) electrons. The summed E-state index contributed by atoms with van der Waals surface area (Å²) in [7, 11) is -4.62. The number of nitrogens with two attached hydrogens (primary N) is 1. The Morgan fingerprint density at radius 1 is 0.825 bits per heavy atom. The van der Waals surface area contributed by atoms with Crippen LogP contribution in [-0.4, -0.2) is 68.4 Å². The van der Waals surface area contributed by atoms with Crippen molar-refractivity contribution in [2.24, 2.45) is 0 Å². The molecular weight excluding hydrogens is 753 g/mol. The van der Waals surface area contributed by atoms with E-state index in [0.717, 1.165) is 38.5 Å². The standard InChI is InChI=1S/C41H72N5O10P/c1-3-5-7-9-11-13-15-17-19-21-23-25-36(47)52-29-34(56-37(48)26-24-22-20-18-16-14-12-10-8-6-4-2)31-54-57(50,51)53-30-33-27-28-35(55-33)46-32-43-38-39(46)44-41(42)45-40(38)49/h32-35H,3-31H2,1-2H3,(H,50,51)(H3,42,44,45,49)/t33-,34+,35+/m0/s1. The van der Waals surface area contributed by atoms with Gasteiger partial charge in [0.15, 0.2) is 17.3 Å². The van der Waals surface area contributed by atoms with Crippen molar-refractivity contribution in [3.8, 4) is 0 Å². The van der Waals surface area contributed by atoms with Crippen molar-refractivity contribution in [2.45, 2.75) is 199 Å². The van der Waals surface area contributed by atoms with E-state index in [1.807, 2.05) is 0 Å². The van der Waals surface area contributed by atoms with Crippen LogP contribution in [0.5, 0.6) is 0 Å². The lowest BCUT2D eigenvalue weighted by molar-refractivity contribution is -0.161. The zero-order chi connectivity index (χ0) is 41.1. The van der Waals surface area contributed by atoms with Crippen molar-refractivity contribution >= 4 is 36.9 Å². The molecule has 4 N–H and O–H groups in total. The summed E-state index contributed by atoms with van der Waals surface area (Å²) in [5.74, 6) is -0.949. The molecule has 16 heteroatoms. The normalized spacial score (nSPS) is 17.2. The second-order valence-corrected chi connectivity index (χ2v) is 16.9. The summed E-state index contributed by atoms with van der Waals surface area (Å²) in [6.07, 6.45) is 26.2. The van der Waals surface area contributed by atoms with E-state index in [-0.39, 0.29) is 43.2 Å². The number of imidazole rings is 1. The van der Waals surface area contributed by atoms with E-state index in [1.54, 1.807) is 4.57 Å². The van der Waals surface area contributed by atoms with Gasteiger partial charge in [0.05, 0.1) is 25.6 Å². The molecule has 0 saturated carbocycles. The smallest absolute Gasteiger partial charge is 0.462 e. The maximum Gasteiger partial charge on any atom is 0.472 e. The van der Waals surface area contributed by atoms with Crippen LogP contribution in [0.4, 0.5) is 5.95 Å². The van der Waals surface area contributed by atoms with Crippen molar-refractivity contribution in [1.82, 2.24) is 19.5 Å². The summed E-state index contributed by atoms with van der Waals surface area (Å²) in [5.41, 5.74) is 5.62. The van der Waals surface area contributed by atoms with Gasteiger partial charge in [0, 0.05) is 12.8 Å². The molecule has 1 saturated heterocycles. The van der Waals surface area contributed by atoms with Crippen LogP contribution in [0.25, 0.3) is 11.2 Å². The number of nitrogens with one attached hydrogen (secondary N) is 1. The van der Waals surface area contributed by atoms with E-state index in [2.05, 4.69) is 28.8 Å². The highest BCUT2D eigenvalue weighted by Crippen LogP contribution is 2.44. The summed E-state index contributed by atoms with van der Waals surface area (Å²) in [5, 5.41) is 0. The lowest BCUT2D eigenvalue weighted by atomic mass is 10.1. The Balaban J connectivity index is 1.39. The fourth-order valence-corrected chi connectivity index (χ4v) is 7.83. The molecule has 0 aromatic carbocycles. The van der Waals surface area contributed by atoms with Crippen LogP contribution in [0.15, 0.2) is 11.1 Å². The van der Waals surface area contributed by atoms with E-state index in [9.17, 15) is 23.8 Å². The van der Waals surface area contributed by atoms with Gasteiger partial charge in [-0.1, -0.05) is 142 Å². The number of phosphoric acid groups is 1. The first-order valence-corrected chi connectivity index (χ1v) is 23.5. The zero-order valence-electron chi connectivity index (χ0n) is 34.8. The Hall–Kier alpha value is -2.84. The average molecular weight is 826 g/mol. The average Bonchev–Trinajstić information content (AvgIpc) is 3.84. The molecule has 0 amide bonds. The number of rotatable bonds is 34. The van der Waals surface area contributed by atoms with Gasteiger partial charge in [-0.15, -0.1) is 0 Å². The third-order valence-corrected chi connectivity index (χ3v) is 11.3. The number of aromatic nitrogens is 4. The lowest BCUT2D eigenvalue weighted by Gasteiger charge is -2.21. The molecule has 4 atom stereocenters. The molecule has 15 nitrogen and oxygen atoms in total. The van der Waals surface area contributed by atoms with Crippen molar-refractivity contribution in [3.05, 3.63) is 16.7 Å². The van der Waals surface area contributed by atoms with Gasteiger partial charge in [-0.2, -0.15) is 4.98 Å². The van der Waals surface area contributed by atoms with Crippen LogP contribution in [-0.2, 0) is 37.4 Å². The number of fused-ring (bicyclic) bond motifs is 1. The third-order valence-electron chi connectivity index (χ3n) is 10.4. The van der Waals surface area contributed by atoms with E-state index < -0.39 is 50.4 Å². The highest BCUT2D eigenvalue weighted by atomic mass is 31.2. The van der Waals surface area contributed by atoms with Crippen LogP contribution >= 0.6 is 7.82 Å². The van der Waals surface area contributed by atoms with Gasteiger partial charge in [-0.25, -0.2) is 9.55 Å². The van der Waals surface area contributed by atoms with Gasteiger partial charge in [0.1, 0.15) is 12.8 Å². The molecule has 2 aromatic heterocycles. The highest BCUT2D eigenvalue weighted by molar-refractivity contribution is 7.47. The minimum Gasteiger partial charge on any atom is -0.462 e. The molecule has 3 rings (SSSR count).